The zero-order chi connectivity index (χ0) is 19.7. The number of hydrogen-bond acceptors (Lipinski definition) is 6. The number of imide groups is 1. The van der Waals surface area contributed by atoms with Gasteiger partial charge in [-0.15, -0.1) is 0 Å². The van der Waals surface area contributed by atoms with Crippen LogP contribution in [0.15, 0.2) is 36.5 Å². The molecule has 8 heteroatoms. The SMILES string of the molecule is Nc1ccnc(CNCc2cccc3c2CN(C2CCC(=O)NC2=O)C3=O)c1. The van der Waals surface area contributed by atoms with E-state index < -0.39 is 11.9 Å². The summed E-state index contributed by atoms with van der Waals surface area (Å²) in [6.45, 7) is 1.49. The average molecular weight is 379 g/mol. The largest absolute Gasteiger partial charge is 0.399 e. The molecule has 0 bridgehead atoms. The van der Waals surface area contributed by atoms with Crippen LogP contribution in [0.25, 0.3) is 0 Å². The van der Waals surface area contributed by atoms with Gasteiger partial charge < -0.3 is 16.0 Å². The Morgan fingerprint density at radius 2 is 2.07 bits per heavy atom. The zero-order valence-corrected chi connectivity index (χ0v) is 15.3. The standard InChI is InChI=1S/C20H21N5O3/c21-13-6-7-23-14(8-13)10-22-9-12-2-1-3-15-16(12)11-25(20(15)28)17-4-5-18(26)24-19(17)27/h1-3,6-8,17,22H,4-5,9-11H2,(H2,21,23)(H,24,26,27). The molecule has 1 saturated heterocycles. The second kappa shape index (κ2) is 7.40. The van der Waals surface area contributed by atoms with Crippen LogP contribution in [0.2, 0.25) is 0 Å². The first-order chi connectivity index (χ1) is 13.5. The Morgan fingerprint density at radius 3 is 2.86 bits per heavy atom. The number of benzene rings is 1. The van der Waals surface area contributed by atoms with E-state index >= 15 is 0 Å². The van der Waals surface area contributed by atoms with Crippen LogP contribution in [-0.2, 0) is 29.2 Å². The van der Waals surface area contributed by atoms with Gasteiger partial charge in [0.15, 0.2) is 0 Å². The summed E-state index contributed by atoms with van der Waals surface area (Å²) >= 11 is 0. The summed E-state index contributed by atoms with van der Waals surface area (Å²) in [6.07, 6.45) is 2.28. The van der Waals surface area contributed by atoms with E-state index in [9.17, 15) is 14.4 Å². The highest BCUT2D eigenvalue weighted by Crippen LogP contribution is 2.29. The Hall–Kier alpha value is -3.26. The van der Waals surface area contributed by atoms with E-state index in [0.717, 1.165) is 16.8 Å². The van der Waals surface area contributed by atoms with Crippen molar-refractivity contribution < 1.29 is 14.4 Å². The number of nitrogens with one attached hydrogen (secondary N) is 2. The molecule has 8 nitrogen and oxygen atoms in total. The van der Waals surface area contributed by atoms with Gasteiger partial charge >= 0.3 is 0 Å². The fourth-order valence-corrected chi connectivity index (χ4v) is 3.73. The topological polar surface area (TPSA) is 117 Å². The summed E-state index contributed by atoms with van der Waals surface area (Å²) in [5.74, 6) is -0.848. The van der Waals surface area contributed by atoms with Gasteiger partial charge in [0.25, 0.3) is 5.91 Å². The number of nitrogens with two attached hydrogens (primary N) is 1. The molecule has 4 rings (SSSR count). The summed E-state index contributed by atoms with van der Waals surface area (Å²) in [7, 11) is 0. The molecule has 2 aliphatic rings. The summed E-state index contributed by atoms with van der Waals surface area (Å²) in [5.41, 5.74) is 9.82. The maximum atomic E-state index is 12.8. The molecule has 4 N–H and O–H groups in total. The highest BCUT2D eigenvalue weighted by atomic mass is 16.2. The van der Waals surface area contributed by atoms with Crippen LogP contribution in [0, 0.1) is 0 Å². The van der Waals surface area contributed by atoms with Crippen molar-refractivity contribution in [3.8, 4) is 0 Å². The average Bonchev–Trinajstić information content (AvgIpc) is 2.99. The Kier molecular flexibility index (Phi) is 4.79. The lowest BCUT2D eigenvalue weighted by molar-refractivity contribution is -0.136. The van der Waals surface area contributed by atoms with Crippen molar-refractivity contribution in [3.05, 3.63) is 58.9 Å². The molecule has 144 valence electrons. The minimum Gasteiger partial charge on any atom is -0.399 e. The van der Waals surface area contributed by atoms with Crippen molar-refractivity contribution in [2.45, 2.75) is 38.5 Å². The fourth-order valence-electron chi connectivity index (χ4n) is 3.73. The minimum absolute atomic E-state index is 0.163. The summed E-state index contributed by atoms with van der Waals surface area (Å²) in [5, 5.41) is 5.65. The molecule has 1 aromatic heterocycles. The monoisotopic (exact) mass is 379 g/mol. The molecule has 1 atom stereocenters. The number of anilines is 1. The lowest BCUT2D eigenvalue weighted by Crippen LogP contribution is -2.52. The van der Waals surface area contributed by atoms with Crippen molar-refractivity contribution in [2.75, 3.05) is 5.73 Å². The van der Waals surface area contributed by atoms with Crippen molar-refractivity contribution in [1.29, 1.82) is 0 Å². The van der Waals surface area contributed by atoms with E-state index in [0.29, 0.717) is 37.3 Å². The lowest BCUT2D eigenvalue weighted by atomic mass is 10.0. The summed E-state index contributed by atoms with van der Waals surface area (Å²) in [6, 6.07) is 8.56. The van der Waals surface area contributed by atoms with Crippen LogP contribution in [0.5, 0.6) is 0 Å². The van der Waals surface area contributed by atoms with Gasteiger partial charge in [0, 0.05) is 43.5 Å². The molecule has 3 heterocycles. The molecule has 0 saturated carbocycles. The number of carbonyl (C=O) groups excluding carboxylic acids is 3. The highest BCUT2D eigenvalue weighted by Gasteiger charge is 2.39. The molecule has 2 aromatic rings. The van der Waals surface area contributed by atoms with E-state index in [2.05, 4.69) is 15.6 Å². The molecule has 1 aromatic carbocycles. The summed E-state index contributed by atoms with van der Waals surface area (Å²) < 4.78 is 0. The molecule has 0 radical (unpaired) electrons. The predicted molar refractivity (Wildman–Crippen MR) is 102 cm³/mol. The number of rotatable bonds is 5. The Morgan fingerprint density at radius 1 is 1.21 bits per heavy atom. The molecule has 0 spiro atoms. The second-order valence-electron chi connectivity index (χ2n) is 7.03. The van der Waals surface area contributed by atoms with E-state index in [-0.39, 0.29) is 18.2 Å². The number of nitrogen functional groups attached to an aromatic ring is 1. The van der Waals surface area contributed by atoms with Crippen LogP contribution in [0.3, 0.4) is 0 Å². The van der Waals surface area contributed by atoms with Gasteiger partial charge in [-0.25, -0.2) is 0 Å². The van der Waals surface area contributed by atoms with E-state index in [1.807, 2.05) is 18.2 Å². The van der Waals surface area contributed by atoms with Crippen molar-refractivity contribution in [2.24, 2.45) is 0 Å². The Balaban J connectivity index is 1.47. The smallest absolute Gasteiger partial charge is 0.255 e. The van der Waals surface area contributed by atoms with Crippen LogP contribution in [0.1, 0.15) is 40.0 Å². The summed E-state index contributed by atoms with van der Waals surface area (Å²) in [4.78, 5) is 42.2. The van der Waals surface area contributed by atoms with Gasteiger partial charge in [0.2, 0.25) is 11.8 Å². The second-order valence-corrected chi connectivity index (χ2v) is 7.03. The van der Waals surface area contributed by atoms with E-state index in [4.69, 9.17) is 5.73 Å². The third-order valence-electron chi connectivity index (χ3n) is 5.14. The van der Waals surface area contributed by atoms with Gasteiger partial charge in [-0.2, -0.15) is 0 Å². The molecule has 1 unspecified atom stereocenters. The van der Waals surface area contributed by atoms with Gasteiger partial charge in [0.05, 0.1) is 5.69 Å². The first-order valence-corrected chi connectivity index (χ1v) is 9.19. The van der Waals surface area contributed by atoms with Crippen LogP contribution >= 0.6 is 0 Å². The third-order valence-corrected chi connectivity index (χ3v) is 5.14. The van der Waals surface area contributed by atoms with Crippen LogP contribution in [0.4, 0.5) is 5.69 Å². The highest BCUT2D eigenvalue weighted by molar-refractivity contribution is 6.05. The first-order valence-electron chi connectivity index (χ1n) is 9.19. The van der Waals surface area contributed by atoms with Crippen molar-refractivity contribution in [1.82, 2.24) is 20.5 Å². The zero-order valence-electron chi connectivity index (χ0n) is 15.3. The van der Waals surface area contributed by atoms with E-state index in [1.54, 1.807) is 23.2 Å². The van der Waals surface area contributed by atoms with Gasteiger partial charge in [-0.3, -0.25) is 24.7 Å². The predicted octanol–water partition coefficient (Wildman–Crippen LogP) is 0.715. The number of aromatic nitrogens is 1. The minimum atomic E-state index is -0.602. The maximum absolute atomic E-state index is 12.8. The maximum Gasteiger partial charge on any atom is 0.255 e. The molecule has 2 aliphatic heterocycles. The molecule has 0 aliphatic carbocycles. The Labute approximate surface area is 162 Å². The number of piperidine rings is 1. The molecular formula is C20H21N5O3. The molecule has 3 amide bonds. The lowest BCUT2D eigenvalue weighted by Gasteiger charge is -2.29. The molecular weight excluding hydrogens is 358 g/mol. The van der Waals surface area contributed by atoms with Crippen LogP contribution in [-0.4, -0.2) is 33.6 Å². The number of carbonyl (C=O) groups is 3. The number of pyridine rings is 1. The number of amides is 3. The van der Waals surface area contributed by atoms with Crippen molar-refractivity contribution >= 4 is 23.4 Å². The normalized spacial score (nSPS) is 18.9. The van der Waals surface area contributed by atoms with Gasteiger partial charge in [-0.1, -0.05) is 12.1 Å². The van der Waals surface area contributed by atoms with Gasteiger partial charge in [-0.05, 0) is 35.7 Å². The van der Waals surface area contributed by atoms with Crippen LogP contribution < -0.4 is 16.4 Å². The first kappa shape index (κ1) is 18.1. The quantitative estimate of drug-likeness (QED) is 0.659. The Bertz CT molecular complexity index is 959. The van der Waals surface area contributed by atoms with E-state index in [1.165, 1.54) is 0 Å². The number of hydrogen-bond donors (Lipinski definition) is 3. The van der Waals surface area contributed by atoms with Gasteiger partial charge in [0.1, 0.15) is 6.04 Å². The number of nitrogens with zero attached hydrogens (tertiary/aromatic N) is 2. The molecule has 1 fully saturated rings. The molecule has 28 heavy (non-hydrogen) atoms. The van der Waals surface area contributed by atoms with Crippen molar-refractivity contribution in [3.63, 3.8) is 0 Å². The third kappa shape index (κ3) is 3.46. The fraction of sp³-hybridized carbons (Fsp3) is 0.300. The number of fused-ring (bicyclic) bond motifs is 1.